The molecule has 0 saturated carbocycles. The highest BCUT2D eigenvalue weighted by Gasteiger charge is 2.38. The Morgan fingerprint density at radius 2 is 1.88 bits per heavy atom. The van der Waals surface area contributed by atoms with Crippen LogP contribution in [0.5, 0.6) is 11.5 Å². The number of benzene rings is 2. The summed E-state index contributed by atoms with van der Waals surface area (Å²) in [5, 5.41) is 2.73. The number of para-hydroxylation sites is 3. The van der Waals surface area contributed by atoms with Crippen molar-refractivity contribution in [2.24, 2.45) is 5.92 Å². The second-order valence-electron chi connectivity index (χ2n) is 5.61. The van der Waals surface area contributed by atoms with Gasteiger partial charge in [0.15, 0.2) is 5.75 Å². The van der Waals surface area contributed by atoms with Crippen LogP contribution in [0.4, 0.5) is 5.69 Å². The van der Waals surface area contributed by atoms with E-state index in [0.717, 1.165) is 0 Å². The maximum absolute atomic E-state index is 12.6. The second-order valence-corrected chi connectivity index (χ2v) is 5.61. The Balaban J connectivity index is 1.83. The number of nitrogens with one attached hydrogen (secondary N) is 1. The average Bonchev–Trinajstić information content (AvgIpc) is 2.98. The fraction of sp³-hybridized carbons (Fsp3) is 0.263. The van der Waals surface area contributed by atoms with Gasteiger partial charge in [-0.2, -0.15) is 0 Å². The lowest BCUT2D eigenvalue weighted by Crippen LogP contribution is -2.36. The van der Waals surface area contributed by atoms with Gasteiger partial charge in [-0.15, -0.1) is 0 Å². The average molecular weight is 324 g/mol. The Labute approximate surface area is 141 Å². The summed E-state index contributed by atoms with van der Waals surface area (Å²) in [6.07, 6.45) is 0.518. The molecule has 2 amide bonds. The molecule has 2 aromatic carbocycles. The predicted octanol–water partition coefficient (Wildman–Crippen LogP) is 2.97. The standard InChI is InChI=1S/C19H20N2O3/c1-2-20-18(22)15-12-13-21(19(15)23)16-10-6-7-11-17(16)24-14-8-4-3-5-9-14/h3-11,15H,2,12-13H2,1H3,(H,20,22)/t15-/m0/s1. The summed E-state index contributed by atoms with van der Waals surface area (Å²) < 4.78 is 5.92. The normalized spacial score (nSPS) is 17.0. The van der Waals surface area contributed by atoms with Gasteiger partial charge in [0.25, 0.3) is 0 Å². The molecular weight excluding hydrogens is 304 g/mol. The lowest BCUT2D eigenvalue weighted by Gasteiger charge is -2.20. The maximum atomic E-state index is 12.6. The lowest BCUT2D eigenvalue weighted by molar-refractivity contribution is -0.132. The first kappa shape index (κ1) is 16.1. The minimum atomic E-state index is -0.616. The third-order valence-corrected chi connectivity index (χ3v) is 4.00. The number of anilines is 1. The summed E-state index contributed by atoms with van der Waals surface area (Å²) in [4.78, 5) is 26.3. The van der Waals surface area contributed by atoms with E-state index in [4.69, 9.17) is 4.74 Å². The van der Waals surface area contributed by atoms with Crippen LogP contribution < -0.4 is 15.0 Å². The van der Waals surface area contributed by atoms with Crippen LogP contribution in [0, 0.1) is 5.92 Å². The molecule has 0 spiro atoms. The van der Waals surface area contributed by atoms with Gasteiger partial charge in [0.05, 0.1) is 5.69 Å². The molecule has 1 N–H and O–H groups in total. The van der Waals surface area contributed by atoms with E-state index in [9.17, 15) is 9.59 Å². The van der Waals surface area contributed by atoms with Crippen molar-refractivity contribution in [3.8, 4) is 11.5 Å². The first-order valence-corrected chi connectivity index (χ1v) is 8.11. The molecule has 1 aliphatic heterocycles. The van der Waals surface area contributed by atoms with E-state index in [1.165, 1.54) is 0 Å². The van der Waals surface area contributed by atoms with Crippen LogP contribution in [0.15, 0.2) is 54.6 Å². The summed E-state index contributed by atoms with van der Waals surface area (Å²) >= 11 is 0. The molecule has 1 atom stereocenters. The van der Waals surface area contributed by atoms with Gasteiger partial charge in [-0.05, 0) is 37.6 Å². The molecule has 124 valence electrons. The van der Waals surface area contributed by atoms with Crippen LogP contribution in [0.2, 0.25) is 0 Å². The van der Waals surface area contributed by atoms with Gasteiger partial charge in [0.1, 0.15) is 11.7 Å². The molecular formula is C19H20N2O3. The fourth-order valence-corrected chi connectivity index (χ4v) is 2.84. The van der Waals surface area contributed by atoms with Gasteiger partial charge in [0, 0.05) is 13.1 Å². The van der Waals surface area contributed by atoms with Crippen LogP contribution in [0.3, 0.4) is 0 Å². The van der Waals surface area contributed by atoms with Crippen molar-refractivity contribution < 1.29 is 14.3 Å². The summed E-state index contributed by atoms with van der Waals surface area (Å²) in [5.41, 5.74) is 0.693. The highest BCUT2D eigenvalue weighted by atomic mass is 16.5. The predicted molar refractivity (Wildman–Crippen MR) is 92.1 cm³/mol. The maximum Gasteiger partial charge on any atom is 0.239 e. The molecule has 0 radical (unpaired) electrons. The Morgan fingerprint density at radius 1 is 1.17 bits per heavy atom. The minimum absolute atomic E-state index is 0.176. The van der Waals surface area contributed by atoms with Gasteiger partial charge in [0.2, 0.25) is 11.8 Å². The van der Waals surface area contributed by atoms with E-state index in [-0.39, 0.29) is 11.8 Å². The Morgan fingerprint density at radius 3 is 2.62 bits per heavy atom. The zero-order chi connectivity index (χ0) is 16.9. The van der Waals surface area contributed by atoms with E-state index in [0.29, 0.717) is 36.7 Å². The van der Waals surface area contributed by atoms with Crippen LogP contribution >= 0.6 is 0 Å². The largest absolute Gasteiger partial charge is 0.455 e. The smallest absolute Gasteiger partial charge is 0.239 e. The van der Waals surface area contributed by atoms with Gasteiger partial charge in [-0.3, -0.25) is 9.59 Å². The number of carbonyl (C=O) groups is 2. The highest BCUT2D eigenvalue weighted by molar-refractivity contribution is 6.10. The quantitative estimate of drug-likeness (QED) is 0.860. The Bertz CT molecular complexity index is 730. The number of nitrogens with zero attached hydrogens (tertiary/aromatic N) is 1. The van der Waals surface area contributed by atoms with Crippen molar-refractivity contribution in [3.05, 3.63) is 54.6 Å². The van der Waals surface area contributed by atoms with Gasteiger partial charge in [-0.25, -0.2) is 0 Å². The molecule has 2 aromatic rings. The van der Waals surface area contributed by atoms with Crippen LogP contribution in [0.25, 0.3) is 0 Å². The molecule has 1 heterocycles. The molecule has 5 nitrogen and oxygen atoms in total. The van der Waals surface area contributed by atoms with E-state index in [1.54, 1.807) is 4.90 Å². The number of hydrogen-bond donors (Lipinski definition) is 1. The van der Waals surface area contributed by atoms with E-state index < -0.39 is 5.92 Å². The molecule has 5 heteroatoms. The zero-order valence-electron chi connectivity index (χ0n) is 13.6. The number of hydrogen-bond acceptors (Lipinski definition) is 3. The molecule has 3 rings (SSSR count). The topological polar surface area (TPSA) is 58.6 Å². The molecule has 1 fully saturated rings. The first-order valence-electron chi connectivity index (χ1n) is 8.11. The summed E-state index contributed by atoms with van der Waals surface area (Å²) in [6, 6.07) is 16.8. The SMILES string of the molecule is CCNC(=O)[C@@H]1CCN(c2ccccc2Oc2ccccc2)C1=O. The van der Waals surface area contributed by atoms with Crippen molar-refractivity contribution in [1.29, 1.82) is 0 Å². The summed E-state index contributed by atoms with van der Waals surface area (Å²) in [7, 11) is 0. The first-order chi connectivity index (χ1) is 11.7. The number of carbonyl (C=O) groups excluding carboxylic acids is 2. The van der Waals surface area contributed by atoms with Crippen molar-refractivity contribution in [2.45, 2.75) is 13.3 Å². The number of amides is 2. The monoisotopic (exact) mass is 324 g/mol. The zero-order valence-corrected chi connectivity index (χ0v) is 13.6. The number of rotatable bonds is 5. The second kappa shape index (κ2) is 7.17. The Hall–Kier alpha value is -2.82. The molecule has 0 bridgehead atoms. The van der Waals surface area contributed by atoms with Crippen LogP contribution in [-0.2, 0) is 9.59 Å². The van der Waals surface area contributed by atoms with Crippen LogP contribution in [0.1, 0.15) is 13.3 Å². The van der Waals surface area contributed by atoms with Gasteiger partial charge >= 0.3 is 0 Å². The van der Waals surface area contributed by atoms with E-state index >= 15 is 0 Å². The molecule has 0 unspecified atom stereocenters. The van der Waals surface area contributed by atoms with Crippen LogP contribution in [-0.4, -0.2) is 24.9 Å². The third kappa shape index (κ3) is 3.25. The van der Waals surface area contributed by atoms with Gasteiger partial charge in [-0.1, -0.05) is 30.3 Å². The number of ether oxygens (including phenoxy) is 1. The molecule has 24 heavy (non-hydrogen) atoms. The van der Waals surface area contributed by atoms with Crippen molar-refractivity contribution in [3.63, 3.8) is 0 Å². The molecule has 1 saturated heterocycles. The molecule has 0 aromatic heterocycles. The molecule has 1 aliphatic rings. The summed E-state index contributed by atoms with van der Waals surface area (Å²) in [6.45, 7) is 2.88. The molecule has 0 aliphatic carbocycles. The van der Waals surface area contributed by atoms with Crippen molar-refractivity contribution in [1.82, 2.24) is 5.32 Å². The van der Waals surface area contributed by atoms with Crippen molar-refractivity contribution in [2.75, 3.05) is 18.0 Å². The lowest BCUT2D eigenvalue weighted by atomic mass is 10.1. The summed E-state index contributed by atoms with van der Waals surface area (Å²) in [5.74, 6) is 0.316. The van der Waals surface area contributed by atoms with E-state index in [2.05, 4.69) is 5.32 Å². The van der Waals surface area contributed by atoms with E-state index in [1.807, 2.05) is 61.5 Å². The van der Waals surface area contributed by atoms with Gasteiger partial charge < -0.3 is 15.0 Å². The minimum Gasteiger partial charge on any atom is -0.455 e. The highest BCUT2D eigenvalue weighted by Crippen LogP contribution is 2.35. The van der Waals surface area contributed by atoms with Crippen molar-refractivity contribution >= 4 is 17.5 Å². The fourth-order valence-electron chi connectivity index (χ4n) is 2.84. The third-order valence-electron chi connectivity index (χ3n) is 4.00. The Kier molecular flexibility index (Phi) is 4.79.